The van der Waals surface area contributed by atoms with Crippen molar-refractivity contribution in [3.63, 3.8) is 0 Å². The van der Waals surface area contributed by atoms with Crippen molar-refractivity contribution >= 4 is 41.4 Å². The number of rotatable bonds is 5. The summed E-state index contributed by atoms with van der Waals surface area (Å²) in [5.74, 6) is 1.96. The summed E-state index contributed by atoms with van der Waals surface area (Å²) in [4.78, 5) is 32.3. The number of amides is 1. The smallest absolute Gasteiger partial charge is 0.326 e. The molecule has 3 rings (SSSR count). The summed E-state index contributed by atoms with van der Waals surface area (Å²) in [5.41, 5.74) is 1.25. The van der Waals surface area contributed by atoms with E-state index >= 15 is 0 Å². The highest BCUT2D eigenvalue weighted by Crippen LogP contribution is 2.48. The van der Waals surface area contributed by atoms with E-state index in [1.54, 1.807) is 18.7 Å². The fraction of sp³-hybridized carbons (Fsp3) is 0.688. The number of hydrogen-bond acceptors (Lipinski definition) is 6. The van der Waals surface area contributed by atoms with Crippen molar-refractivity contribution in [3.8, 4) is 0 Å². The Morgan fingerprint density at radius 1 is 1.46 bits per heavy atom. The van der Waals surface area contributed by atoms with Crippen LogP contribution in [0.4, 0.5) is 0 Å². The first-order valence-electron chi connectivity index (χ1n) is 8.40. The molecule has 0 aromatic heterocycles. The van der Waals surface area contributed by atoms with E-state index in [-0.39, 0.29) is 23.7 Å². The second-order valence-corrected chi connectivity index (χ2v) is 8.19. The number of aliphatic imine (C=N–C) groups is 1. The highest BCUT2D eigenvalue weighted by molar-refractivity contribution is 8.06. The third-order valence-electron chi connectivity index (χ3n) is 4.19. The van der Waals surface area contributed by atoms with E-state index in [1.165, 1.54) is 15.4 Å². The molecule has 3 aliphatic rings. The maximum atomic E-state index is 13.1. The zero-order chi connectivity index (χ0) is 17.1. The van der Waals surface area contributed by atoms with E-state index in [0.29, 0.717) is 19.1 Å². The van der Waals surface area contributed by atoms with E-state index in [4.69, 9.17) is 4.74 Å². The number of carbonyl (C=O) groups is 2. The molecule has 0 saturated carbocycles. The van der Waals surface area contributed by atoms with Gasteiger partial charge in [-0.05, 0) is 36.0 Å². The fourth-order valence-electron chi connectivity index (χ4n) is 3.13. The number of thioether (sulfide) groups is 2. The molecule has 24 heavy (non-hydrogen) atoms. The first kappa shape index (κ1) is 17.7. The molecule has 0 aliphatic carbocycles. The van der Waals surface area contributed by atoms with Gasteiger partial charge in [0.2, 0.25) is 11.9 Å². The predicted octanol–water partition coefficient (Wildman–Crippen LogP) is 1.83. The SMILES string of the molecule is CCCN=C1NC2SC3=C(CCSC3)C2C(=O)N1CC(=O)OCC. The molecule has 8 heteroatoms. The molecule has 1 saturated heterocycles. The average molecular weight is 370 g/mol. The first-order valence-corrected chi connectivity index (χ1v) is 10.4. The highest BCUT2D eigenvalue weighted by Gasteiger charge is 2.48. The summed E-state index contributed by atoms with van der Waals surface area (Å²) in [5, 5.41) is 3.40. The van der Waals surface area contributed by atoms with Gasteiger partial charge in [-0.3, -0.25) is 19.5 Å². The molecule has 1 fully saturated rings. The Bertz CT molecular complexity index is 591. The standard InChI is InChI=1S/C16H23N3O3S2/c1-3-6-17-16-18-14-13(10-5-7-23-9-11(10)24-14)15(21)19(16)8-12(20)22-4-2/h13-14H,3-9H2,1-2H3,(H,17,18). The van der Waals surface area contributed by atoms with Crippen LogP contribution in [0.15, 0.2) is 15.5 Å². The summed E-state index contributed by atoms with van der Waals surface area (Å²) in [7, 11) is 0. The first-order chi connectivity index (χ1) is 11.7. The van der Waals surface area contributed by atoms with Crippen LogP contribution in [0, 0.1) is 5.92 Å². The van der Waals surface area contributed by atoms with Crippen LogP contribution in [-0.2, 0) is 14.3 Å². The van der Waals surface area contributed by atoms with Crippen molar-refractivity contribution in [2.45, 2.75) is 32.1 Å². The lowest BCUT2D eigenvalue weighted by atomic mass is 9.93. The lowest BCUT2D eigenvalue weighted by Crippen LogP contribution is -2.60. The maximum Gasteiger partial charge on any atom is 0.326 e. The van der Waals surface area contributed by atoms with Crippen LogP contribution < -0.4 is 5.32 Å². The van der Waals surface area contributed by atoms with E-state index in [0.717, 1.165) is 24.3 Å². The Balaban J connectivity index is 1.84. The minimum Gasteiger partial charge on any atom is -0.465 e. The normalized spacial score (nSPS) is 27.8. The van der Waals surface area contributed by atoms with Crippen molar-refractivity contribution in [2.75, 3.05) is 31.2 Å². The Hall–Kier alpha value is -1.15. The van der Waals surface area contributed by atoms with Crippen molar-refractivity contribution in [1.29, 1.82) is 0 Å². The van der Waals surface area contributed by atoms with Gasteiger partial charge in [-0.25, -0.2) is 0 Å². The molecule has 0 aromatic carbocycles. The Morgan fingerprint density at radius 3 is 3.04 bits per heavy atom. The molecule has 1 amide bonds. The zero-order valence-corrected chi connectivity index (χ0v) is 15.7. The van der Waals surface area contributed by atoms with Gasteiger partial charge in [-0.15, -0.1) is 11.8 Å². The number of guanidine groups is 1. The third kappa shape index (κ3) is 3.44. The van der Waals surface area contributed by atoms with E-state index in [2.05, 4.69) is 10.3 Å². The number of esters is 1. The van der Waals surface area contributed by atoms with Gasteiger partial charge in [0.25, 0.3) is 0 Å². The van der Waals surface area contributed by atoms with Crippen LogP contribution in [0.5, 0.6) is 0 Å². The van der Waals surface area contributed by atoms with Gasteiger partial charge in [0, 0.05) is 12.3 Å². The topological polar surface area (TPSA) is 71.0 Å². The fourth-order valence-corrected chi connectivity index (χ4v) is 5.80. The monoisotopic (exact) mass is 369 g/mol. The average Bonchev–Trinajstić information content (AvgIpc) is 2.94. The van der Waals surface area contributed by atoms with Crippen LogP contribution >= 0.6 is 23.5 Å². The van der Waals surface area contributed by atoms with Crippen LogP contribution in [0.25, 0.3) is 0 Å². The molecule has 2 atom stereocenters. The van der Waals surface area contributed by atoms with Crippen LogP contribution in [-0.4, -0.2) is 59.3 Å². The molecular formula is C16H23N3O3S2. The van der Waals surface area contributed by atoms with Gasteiger partial charge >= 0.3 is 5.97 Å². The number of nitrogens with one attached hydrogen (secondary N) is 1. The number of nitrogens with zero attached hydrogens (tertiary/aromatic N) is 2. The molecule has 0 bridgehead atoms. The van der Waals surface area contributed by atoms with Crippen molar-refractivity contribution in [1.82, 2.24) is 10.2 Å². The summed E-state index contributed by atoms with van der Waals surface area (Å²) in [6, 6.07) is 0. The van der Waals surface area contributed by atoms with Gasteiger partial charge < -0.3 is 10.1 Å². The largest absolute Gasteiger partial charge is 0.465 e. The number of ether oxygens (including phenoxy) is 1. The minimum atomic E-state index is -0.394. The van der Waals surface area contributed by atoms with Crippen molar-refractivity contribution in [3.05, 3.63) is 10.5 Å². The quantitative estimate of drug-likeness (QED) is 0.746. The molecule has 3 aliphatic heterocycles. The Labute approximate surface area is 150 Å². The second kappa shape index (κ2) is 7.82. The van der Waals surface area contributed by atoms with Gasteiger partial charge in [0.15, 0.2) is 0 Å². The molecule has 0 aromatic rings. The molecule has 0 spiro atoms. The van der Waals surface area contributed by atoms with Gasteiger partial charge in [0.05, 0.1) is 17.9 Å². The van der Waals surface area contributed by atoms with E-state index in [9.17, 15) is 9.59 Å². The number of fused-ring (bicyclic) bond motifs is 2. The van der Waals surface area contributed by atoms with Gasteiger partial charge in [-0.2, -0.15) is 11.8 Å². The molecular weight excluding hydrogens is 346 g/mol. The van der Waals surface area contributed by atoms with Crippen LogP contribution in [0.2, 0.25) is 0 Å². The molecule has 3 heterocycles. The number of hydrogen-bond donors (Lipinski definition) is 1. The van der Waals surface area contributed by atoms with Crippen LogP contribution in [0.1, 0.15) is 26.7 Å². The van der Waals surface area contributed by atoms with E-state index < -0.39 is 5.97 Å². The van der Waals surface area contributed by atoms with E-state index in [1.807, 2.05) is 18.7 Å². The maximum absolute atomic E-state index is 13.1. The van der Waals surface area contributed by atoms with Crippen molar-refractivity contribution in [2.24, 2.45) is 10.9 Å². The summed E-state index contributed by atoms with van der Waals surface area (Å²) >= 11 is 3.67. The van der Waals surface area contributed by atoms with Gasteiger partial charge in [0.1, 0.15) is 6.54 Å². The zero-order valence-electron chi connectivity index (χ0n) is 14.0. The predicted molar refractivity (Wildman–Crippen MR) is 97.9 cm³/mol. The molecule has 6 nitrogen and oxygen atoms in total. The highest BCUT2D eigenvalue weighted by atomic mass is 32.2. The van der Waals surface area contributed by atoms with Crippen molar-refractivity contribution < 1.29 is 14.3 Å². The molecule has 1 N–H and O–H groups in total. The summed E-state index contributed by atoms with van der Waals surface area (Å²) in [6.07, 6.45) is 1.84. The lowest BCUT2D eigenvalue weighted by Gasteiger charge is -2.36. The molecule has 132 valence electrons. The third-order valence-corrected chi connectivity index (χ3v) is 6.69. The Kier molecular flexibility index (Phi) is 5.76. The molecule has 0 radical (unpaired) electrons. The van der Waals surface area contributed by atoms with Gasteiger partial charge in [-0.1, -0.05) is 6.92 Å². The summed E-state index contributed by atoms with van der Waals surface area (Å²) in [6.45, 7) is 4.66. The second-order valence-electron chi connectivity index (χ2n) is 5.85. The minimum absolute atomic E-state index is 0.00949. The summed E-state index contributed by atoms with van der Waals surface area (Å²) < 4.78 is 5.03. The van der Waals surface area contributed by atoms with Crippen LogP contribution in [0.3, 0.4) is 0 Å². The number of carbonyl (C=O) groups excluding carboxylic acids is 2. The lowest BCUT2D eigenvalue weighted by molar-refractivity contribution is -0.147. The Morgan fingerprint density at radius 2 is 2.29 bits per heavy atom. The molecule has 2 unspecified atom stereocenters.